The van der Waals surface area contributed by atoms with Gasteiger partial charge in [0.1, 0.15) is 32.5 Å². The lowest BCUT2D eigenvalue weighted by molar-refractivity contribution is -0.870. The van der Waals surface area contributed by atoms with E-state index in [1.165, 1.54) is 0 Å². The van der Waals surface area contributed by atoms with Gasteiger partial charge in [-0.2, -0.15) is 0 Å². The van der Waals surface area contributed by atoms with Crippen LogP contribution in [0.2, 0.25) is 0 Å². The molecule has 0 bridgehead atoms. The number of ether oxygens (including phenoxy) is 2. The maximum atomic E-state index is 11.7. The second kappa shape index (κ2) is 14.0. The van der Waals surface area contributed by atoms with Crippen LogP contribution < -0.4 is 58.6 Å². The molecule has 0 saturated heterocycles. The number of quaternary nitrogens is 2. The van der Waals surface area contributed by atoms with Crippen molar-refractivity contribution in [2.45, 2.75) is 19.5 Å². The van der Waals surface area contributed by atoms with E-state index in [2.05, 4.69) is 10.6 Å². The molecule has 0 saturated carbocycles. The van der Waals surface area contributed by atoms with Crippen LogP contribution in [0.15, 0.2) is 0 Å². The first kappa shape index (κ1) is 29.7. The van der Waals surface area contributed by atoms with Gasteiger partial charge in [0, 0.05) is 0 Å². The molecule has 0 spiro atoms. The van der Waals surface area contributed by atoms with Gasteiger partial charge in [0.05, 0.1) is 42.3 Å². The van der Waals surface area contributed by atoms with Gasteiger partial charge in [-0.15, -0.1) is 0 Å². The predicted molar refractivity (Wildman–Crippen MR) is 88.8 cm³/mol. The summed E-state index contributed by atoms with van der Waals surface area (Å²) < 4.78 is 11.6. The van der Waals surface area contributed by atoms with Crippen LogP contribution >= 0.6 is 0 Å². The number of amides is 2. The maximum absolute atomic E-state index is 11.7. The smallest absolute Gasteiger partial charge is 0.408 e. The highest BCUT2D eigenvalue weighted by Gasteiger charge is 2.16. The quantitative estimate of drug-likeness (QED) is 0.160. The van der Waals surface area contributed by atoms with Gasteiger partial charge in [0.25, 0.3) is 0 Å². The standard InChI is InChI=1S/C15H32N4O4.2HI/c1-8-13(16-14(20)22-11-9-18(2,3)4)17-15(21)23-12-10-19(5,6)7;;/h13H,8-12H2,1-7H3;2*1H. The molecular formula is C15H34I2N4O4. The first-order chi connectivity index (χ1) is 10.4. The summed E-state index contributed by atoms with van der Waals surface area (Å²) in [6.45, 7) is 3.91. The SMILES string of the molecule is CCC(NC(=O)OCC[N+](C)(C)C)NC(=O)OCC[N+](C)(C)C.[I-].[I-]. The summed E-state index contributed by atoms with van der Waals surface area (Å²) in [4.78, 5) is 23.4. The van der Waals surface area contributed by atoms with Crippen LogP contribution in [0.25, 0.3) is 0 Å². The van der Waals surface area contributed by atoms with Crippen LogP contribution in [0.5, 0.6) is 0 Å². The molecule has 0 fully saturated rings. The molecule has 0 aliphatic rings. The third kappa shape index (κ3) is 20.1. The van der Waals surface area contributed by atoms with Gasteiger partial charge >= 0.3 is 12.2 Å². The average Bonchev–Trinajstić information content (AvgIpc) is 2.34. The van der Waals surface area contributed by atoms with E-state index in [0.29, 0.717) is 41.7 Å². The number of hydrogen-bond donors (Lipinski definition) is 2. The van der Waals surface area contributed by atoms with E-state index in [4.69, 9.17) is 9.47 Å². The Morgan fingerprint density at radius 1 is 0.800 bits per heavy atom. The third-order valence-electron chi connectivity index (χ3n) is 2.98. The van der Waals surface area contributed by atoms with Gasteiger partial charge in [-0.3, -0.25) is 0 Å². The van der Waals surface area contributed by atoms with Crippen LogP contribution in [0.1, 0.15) is 13.3 Å². The van der Waals surface area contributed by atoms with Crippen molar-refractivity contribution in [2.24, 2.45) is 0 Å². The number of rotatable bonds is 9. The van der Waals surface area contributed by atoms with Gasteiger partial charge < -0.3 is 77.0 Å². The number of carbonyl (C=O) groups is 2. The van der Waals surface area contributed by atoms with Crippen LogP contribution in [0.3, 0.4) is 0 Å². The molecule has 10 heteroatoms. The van der Waals surface area contributed by atoms with Crippen LogP contribution in [-0.2, 0) is 9.47 Å². The lowest BCUT2D eigenvalue weighted by Crippen LogP contribution is -3.00. The molecular weight excluding hydrogens is 554 g/mol. The maximum Gasteiger partial charge on any atom is 0.408 e. The van der Waals surface area contributed by atoms with Gasteiger partial charge in [0.15, 0.2) is 0 Å². The van der Waals surface area contributed by atoms with E-state index in [1.807, 2.05) is 49.2 Å². The molecule has 8 nitrogen and oxygen atoms in total. The van der Waals surface area contributed by atoms with Gasteiger partial charge in [-0.1, -0.05) is 6.92 Å². The van der Waals surface area contributed by atoms with Crippen molar-refractivity contribution >= 4 is 12.2 Å². The summed E-state index contributed by atoms with van der Waals surface area (Å²) in [6.07, 6.45) is -1.06. The number of likely N-dealkylation sites (N-methyl/N-ethyl adjacent to an activating group) is 2. The van der Waals surface area contributed by atoms with Crippen molar-refractivity contribution in [3.05, 3.63) is 0 Å². The molecule has 0 heterocycles. The Balaban J connectivity index is -0.00000242. The van der Waals surface area contributed by atoms with Crippen molar-refractivity contribution in [3.63, 3.8) is 0 Å². The molecule has 0 atom stereocenters. The van der Waals surface area contributed by atoms with E-state index < -0.39 is 18.4 Å². The highest BCUT2D eigenvalue weighted by atomic mass is 127. The number of nitrogens with one attached hydrogen (secondary N) is 2. The van der Waals surface area contributed by atoms with Crippen molar-refractivity contribution < 1.29 is 76.0 Å². The summed E-state index contributed by atoms with van der Waals surface area (Å²) in [5, 5.41) is 5.21. The molecule has 0 aromatic rings. The number of nitrogens with zero attached hydrogens (tertiary/aromatic N) is 2. The second-order valence-electron chi connectivity index (χ2n) is 7.55. The normalized spacial score (nSPS) is 11.0. The molecule has 0 aliphatic heterocycles. The minimum absolute atomic E-state index is 0. The fraction of sp³-hybridized carbons (Fsp3) is 0.867. The Morgan fingerprint density at radius 2 is 1.12 bits per heavy atom. The molecule has 152 valence electrons. The van der Waals surface area contributed by atoms with Gasteiger partial charge in [0.2, 0.25) is 0 Å². The largest absolute Gasteiger partial charge is 1.00 e. The number of alkyl carbamates (subject to hydrolysis) is 2. The molecule has 0 rings (SSSR count). The number of halogens is 2. The zero-order valence-corrected chi connectivity index (χ0v) is 20.7. The summed E-state index contributed by atoms with van der Waals surface area (Å²) in [5.41, 5.74) is 0. The lowest BCUT2D eigenvalue weighted by atomic mass is 10.4. The third-order valence-corrected chi connectivity index (χ3v) is 2.98. The first-order valence-electron chi connectivity index (χ1n) is 7.90. The molecule has 0 unspecified atom stereocenters. The molecule has 0 aliphatic carbocycles. The Labute approximate surface area is 186 Å². The van der Waals surface area contributed by atoms with E-state index in [1.54, 1.807) is 0 Å². The predicted octanol–water partition coefficient (Wildman–Crippen LogP) is -5.40. The number of carbonyl (C=O) groups excluding carboxylic acids is 2. The summed E-state index contributed by atoms with van der Waals surface area (Å²) >= 11 is 0. The Bertz CT molecular complexity index is 351. The van der Waals surface area contributed by atoms with E-state index >= 15 is 0 Å². The van der Waals surface area contributed by atoms with Crippen molar-refractivity contribution in [1.82, 2.24) is 10.6 Å². The van der Waals surface area contributed by atoms with Gasteiger partial charge in [-0.05, 0) is 6.42 Å². The van der Waals surface area contributed by atoms with Crippen LogP contribution in [0, 0.1) is 0 Å². The van der Waals surface area contributed by atoms with E-state index in [9.17, 15) is 9.59 Å². The molecule has 0 radical (unpaired) electrons. The van der Waals surface area contributed by atoms with Gasteiger partial charge in [-0.25, -0.2) is 9.59 Å². The second-order valence-corrected chi connectivity index (χ2v) is 7.55. The molecule has 2 amide bonds. The minimum atomic E-state index is -0.544. The zero-order valence-electron chi connectivity index (χ0n) is 16.4. The fourth-order valence-corrected chi connectivity index (χ4v) is 1.43. The molecule has 0 aromatic carbocycles. The minimum Gasteiger partial charge on any atom is -1.00 e. The van der Waals surface area contributed by atoms with Crippen molar-refractivity contribution in [3.8, 4) is 0 Å². The topological polar surface area (TPSA) is 76.7 Å². The lowest BCUT2D eigenvalue weighted by Gasteiger charge is -2.24. The monoisotopic (exact) mass is 588 g/mol. The fourth-order valence-electron chi connectivity index (χ4n) is 1.43. The highest BCUT2D eigenvalue weighted by Crippen LogP contribution is 1.94. The zero-order chi connectivity index (χ0) is 18.1. The van der Waals surface area contributed by atoms with E-state index in [-0.39, 0.29) is 48.0 Å². The Morgan fingerprint density at radius 3 is 1.36 bits per heavy atom. The number of hydrogen-bond acceptors (Lipinski definition) is 4. The summed E-state index contributed by atoms with van der Waals surface area (Å²) in [6, 6.07) is 0. The van der Waals surface area contributed by atoms with Crippen LogP contribution in [0.4, 0.5) is 9.59 Å². The Hall–Kier alpha value is -0.0800. The summed E-state index contributed by atoms with van der Waals surface area (Å²) in [5.74, 6) is 0. The Kier molecular flexibility index (Phi) is 16.7. The molecule has 25 heavy (non-hydrogen) atoms. The first-order valence-corrected chi connectivity index (χ1v) is 7.90. The molecule has 2 N–H and O–H groups in total. The average molecular weight is 588 g/mol. The molecule has 0 aromatic heterocycles. The van der Waals surface area contributed by atoms with Crippen molar-refractivity contribution in [2.75, 3.05) is 68.6 Å². The van der Waals surface area contributed by atoms with Crippen molar-refractivity contribution in [1.29, 1.82) is 0 Å². The van der Waals surface area contributed by atoms with Crippen LogP contribution in [-0.4, -0.2) is 95.9 Å². The summed E-state index contributed by atoms with van der Waals surface area (Å²) in [7, 11) is 12.1. The highest BCUT2D eigenvalue weighted by molar-refractivity contribution is 5.70. The van der Waals surface area contributed by atoms with E-state index in [0.717, 1.165) is 0 Å².